The van der Waals surface area contributed by atoms with Gasteiger partial charge in [0.1, 0.15) is 5.82 Å². The van der Waals surface area contributed by atoms with E-state index < -0.39 is 0 Å². The highest BCUT2D eigenvalue weighted by molar-refractivity contribution is 5.42. The number of nitrogen functional groups attached to an aromatic ring is 1. The van der Waals surface area contributed by atoms with E-state index >= 15 is 0 Å². The molecule has 1 aliphatic rings. The largest absolute Gasteiger partial charge is 0.394 e. The quantitative estimate of drug-likeness (QED) is 0.630. The standard InChI is InChI=1S/C21H31N5O/c1-2-5-18(15-27)23-20-13-19(24-21(22)25-20)12-16-6-8-17(9-7-16)14-26-10-3-4-11-26/h6-9,13,18,27H,2-5,10-12,14-15H2,1H3,(H3,22,23,24,25)/t18-/m1/s1. The summed E-state index contributed by atoms with van der Waals surface area (Å²) in [5, 5.41) is 12.7. The maximum Gasteiger partial charge on any atom is 0.222 e. The molecule has 1 atom stereocenters. The first-order valence-corrected chi connectivity index (χ1v) is 9.97. The van der Waals surface area contributed by atoms with Crippen LogP contribution in [-0.2, 0) is 13.0 Å². The first kappa shape index (κ1) is 19.6. The van der Waals surface area contributed by atoms with Crippen molar-refractivity contribution >= 4 is 11.8 Å². The smallest absolute Gasteiger partial charge is 0.222 e. The zero-order valence-electron chi connectivity index (χ0n) is 16.2. The second kappa shape index (κ2) is 9.67. The van der Waals surface area contributed by atoms with Crippen LogP contribution in [0.3, 0.4) is 0 Å². The van der Waals surface area contributed by atoms with Crippen molar-refractivity contribution in [2.45, 2.75) is 51.6 Å². The number of nitrogens with zero attached hydrogens (tertiary/aromatic N) is 3. The highest BCUT2D eigenvalue weighted by Crippen LogP contribution is 2.17. The van der Waals surface area contributed by atoms with Crippen molar-refractivity contribution in [3.63, 3.8) is 0 Å². The molecule has 0 amide bonds. The normalized spacial score (nSPS) is 15.8. The fourth-order valence-electron chi connectivity index (χ4n) is 3.62. The molecule has 146 valence electrons. The van der Waals surface area contributed by atoms with Gasteiger partial charge in [-0.3, -0.25) is 4.90 Å². The average molecular weight is 370 g/mol. The second-order valence-corrected chi connectivity index (χ2v) is 7.39. The molecule has 1 aromatic heterocycles. The summed E-state index contributed by atoms with van der Waals surface area (Å²) >= 11 is 0. The van der Waals surface area contributed by atoms with Crippen LogP contribution in [0.15, 0.2) is 30.3 Å². The van der Waals surface area contributed by atoms with Crippen LogP contribution in [0.5, 0.6) is 0 Å². The molecule has 0 aliphatic carbocycles. The monoisotopic (exact) mass is 369 g/mol. The first-order chi connectivity index (χ1) is 13.2. The van der Waals surface area contributed by atoms with Gasteiger partial charge in [0.25, 0.3) is 0 Å². The lowest BCUT2D eigenvalue weighted by Gasteiger charge is -2.17. The Morgan fingerprint density at radius 2 is 1.85 bits per heavy atom. The van der Waals surface area contributed by atoms with Crippen molar-refractivity contribution in [1.29, 1.82) is 0 Å². The maximum absolute atomic E-state index is 9.48. The molecule has 0 radical (unpaired) electrons. The lowest BCUT2D eigenvalue weighted by molar-refractivity contribution is 0.268. The average Bonchev–Trinajstić information content (AvgIpc) is 3.15. The molecule has 1 aliphatic heterocycles. The fraction of sp³-hybridized carbons (Fsp3) is 0.524. The van der Waals surface area contributed by atoms with Gasteiger partial charge in [0.15, 0.2) is 0 Å². The van der Waals surface area contributed by atoms with Gasteiger partial charge >= 0.3 is 0 Å². The third-order valence-electron chi connectivity index (χ3n) is 5.02. The van der Waals surface area contributed by atoms with Crippen molar-refractivity contribution in [2.24, 2.45) is 0 Å². The minimum absolute atomic E-state index is 0.0120. The molecule has 4 N–H and O–H groups in total. The summed E-state index contributed by atoms with van der Waals surface area (Å²) in [6.07, 6.45) is 5.23. The van der Waals surface area contributed by atoms with Crippen LogP contribution in [0, 0.1) is 0 Å². The molecule has 2 heterocycles. The molecule has 1 aromatic carbocycles. The van der Waals surface area contributed by atoms with Crippen LogP contribution in [0.25, 0.3) is 0 Å². The molecular formula is C21H31N5O. The molecule has 1 fully saturated rings. The Morgan fingerprint density at radius 3 is 2.52 bits per heavy atom. The number of rotatable bonds is 9. The molecule has 0 saturated carbocycles. The van der Waals surface area contributed by atoms with Crippen LogP contribution >= 0.6 is 0 Å². The number of anilines is 2. The van der Waals surface area contributed by atoms with E-state index in [0.717, 1.165) is 25.1 Å². The van der Waals surface area contributed by atoms with Gasteiger partial charge in [0.2, 0.25) is 5.95 Å². The number of aliphatic hydroxyl groups excluding tert-OH is 1. The Kier molecular flexibility index (Phi) is 7.01. The van der Waals surface area contributed by atoms with Gasteiger partial charge < -0.3 is 16.2 Å². The topological polar surface area (TPSA) is 87.3 Å². The van der Waals surface area contributed by atoms with Crippen LogP contribution in [0.1, 0.15) is 49.4 Å². The predicted molar refractivity (Wildman–Crippen MR) is 110 cm³/mol. The highest BCUT2D eigenvalue weighted by Gasteiger charge is 2.12. The van der Waals surface area contributed by atoms with E-state index in [0.29, 0.717) is 12.2 Å². The Bertz CT molecular complexity index is 713. The number of likely N-dealkylation sites (tertiary alicyclic amines) is 1. The van der Waals surface area contributed by atoms with Crippen LogP contribution in [-0.4, -0.2) is 45.7 Å². The number of nitrogens with two attached hydrogens (primary N) is 1. The van der Waals surface area contributed by atoms with E-state index in [2.05, 4.69) is 51.4 Å². The molecule has 6 heteroatoms. The summed E-state index contributed by atoms with van der Waals surface area (Å²) in [6, 6.07) is 10.7. The molecule has 2 aromatic rings. The summed E-state index contributed by atoms with van der Waals surface area (Å²) in [4.78, 5) is 11.1. The lowest BCUT2D eigenvalue weighted by atomic mass is 10.1. The number of aliphatic hydroxyl groups is 1. The fourth-order valence-corrected chi connectivity index (χ4v) is 3.62. The van der Waals surface area contributed by atoms with E-state index in [1.807, 2.05) is 6.07 Å². The summed E-state index contributed by atoms with van der Waals surface area (Å²) in [5.41, 5.74) is 9.33. The zero-order valence-corrected chi connectivity index (χ0v) is 16.2. The van der Waals surface area contributed by atoms with E-state index in [4.69, 9.17) is 5.73 Å². The Hall–Kier alpha value is -2.18. The minimum atomic E-state index is -0.0120. The third kappa shape index (κ3) is 5.91. The van der Waals surface area contributed by atoms with Crippen LogP contribution in [0.2, 0.25) is 0 Å². The van der Waals surface area contributed by atoms with Gasteiger partial charge in [-0.25, -0.2) is 4.98 Å². The number of hydrogen-bond acceptors (Lipinski definition) is 6. The van der Waals surface area contributed by atoms with Gasteiger partial charge in [-0.05, 0) is 43.5 Å². The molecule has 6 nitrogen and oxygen atoms in total. The highest BCUT2D eigenvalue weighted by atomic mass is 16.3. The summed E-state index contributed by atoms with van der Waals surface area (Å²) < 4.78 is 0. The molecule has 27 heavy (non-hydrogen) atoms. The van der Waals surface area contributed by atoms with Crippen molar-refractivity contribution in [3.05, 3.63) is 47.2 Å². The van der Waals surface area contributed by atoms with Crippen molar-refractivity contribution < 1.29 is 5.11 Å². The van der Waals surface area contributed by atoms with E-state index in [9.17, 15) is 5.11 Å². The molecular weight excluding hydrogens is 338 g/mol. The zero-order chi connectivity index (χ0) is 19.1. The number of aromatic nitrogens is 2. The van der Waals surface area contributed by atoms with Crippen LogP contribution in [0.4, 0.5) is 11.8 Å². The van der Waals surface area contributed by atoms with Crippen molar-refractivity contribution in [2.75, 3.05) is 30.7 Å². The van der Waals surface area contributed by atoms with E-state index in [1.165, 1.54) is 37.1 Å². The number of benzene rings is 1. The van der Waals surface area contributed by atoms with Gasteiger partial charge in [-0.1, -0.05) is 37.6 Å². The third-order valence-corrected chi connectivity index (χ3v) is 5.02. The van der Waals surface area contributed by atoms with Gasteiger partial charge in [0, 0.05) is 19.0 Å². The summed E-state index contributed by atoms with van der Waals surface area (Å²) in [7, 11) is 0. The van der Waals surface area contributed by atoms with Gasteiger partial charge in [-0.15, -0.1) is 0 Å². The number of nitrogens with one attached hydrogen (secondary N) is 1. The molecule has 1 saturated heterocycles. The van der Waals surface area contributed by atoms with E-state index in [-0.39, 0.29) is 18.6 Å². The molecule has 0 unspecified atom stereocenters. The Balaban J connectivity index is 1.64. The Labute approximate surface area is 161 Å². The first-order valence-electron chi connectivity index (χ1n) is 9.97. The molecule has 0 bridgehead atoms. The van der Waals surface area contributed by atoms with Gasteiger partial charge in [0.05, 0.1) is 18.3 Å². The van der Waals surface area contributed by atoms with E-state index in [1.54, 1.807) is 0 Å². The van der Waals surface area contributed by atoms with Crippen molar-refractivity contribution in [3.8, 4) is 0 Å². The minimum Gasteiger partial charge on any atom is -0.394 e. The van der Waals surface area contributed by atoms with Crippen molar-refractivity contribution in [1.82, 2.24) is 14.9 Å². The SMILES string of the molecule is CCC[C@H](CO)Nc1cc(Cc2ccc(CN3CCCC3)cc2)nc(N)n1. The van der Waals surface area contributed by atoms with Crippen LogP contribution < -0.4 is 11.1 Å². The predicted octanol–water partition coefficient (Wildman–Crippen LogP) is 2.82. The molecule has 3 rings (SSSR count). The second-order valence-electron chi connectivity index (χ2n) is 7.39. The Morgan fingerprint density at radius 1 is 1.15 bits per heavy atom. The maximum atomic E-state index is 9.48. The molecule has 0 spiro atoms. The summed E-state index contributed by atoms with van der Waals surface area (Å²) in [6.45, 7) is 5.63. The van der Waals surface area contributed by atoms with Gasteiger partial charge in [-0.2, -0.15) is 4.98 Å². The number of hydrogen-bond donors (Lipinski definition) is 3. The lowest BCUT2D eigenvalue weighted by Crippen LogP contribution is -2.24. The summed E-state index contributed by atoms with van der Waals surface area (Å²) in [5.74, 6) is 0.935.